The van der Waals surface area contributed by atoms with Gasteiger partial charge in [0.05, 0.1) is 12.3 Å². The molecule has 6 nitrogen and oxygen atoms in total. The van der Waals surface area contributed by atoms with E-state index in [9.17, 15) is 9.59 Å². The van der Waals surface area contributed by atoms with Crippen LogP contribution in [0.1, 0.15) is 72.6 Å². The van der Waals surface area contributed by atoms with Gasteiger partial charge in [-0.2, -0.15) is 0 Å². The van der Waals surface area contributed by atoms with Crippen LogP contribution in [0.15, 0.2) is 58.5 Å². The van der Waals surface area contributed by atoms with Crippen molar-refractivity contribution in [1.29, 1.82) is 0 Å². The minimum absolute atomic E-state index is 0.0168. The highest BCUT2D eigenvalue weighted by atomic mass is 32.1. The van der Waals surface area contributed by atoms with Gasteiger partial charge in [0.2, 0.25) is 5.91 Å². The number of hydrogen-bond acceptors (Lipinski definition) is 5. The molecule has 4 rings (SSSR count). The number of nitrogens with zero attached hydrogens (tertiary/aromatic N) is 2. The Labute approximate surface area is 217 Å². The number of carbonyl (C=O) groups is 2. The predicted octanol–water partition coefficient (Wildman–Crippen LogP) is 6.16. The summed E-state index contributed by atoms with van der Waals surface area (Å²) in [5, 5.41) is 2.08. The molecule has 0 aliphatic carbocycles. The molecule has 0 N–H and O–H groups in total. The van der Waals surface area contributed by atoms with Crippen LogP contribution >= 0.6 is 11.3 Å². The number of benzene rings is 1. The summed E-state index contributed by atoms with van der Waals surface area (Å²) >= 11 is 1.73. The third kappa shape index (κ3) is 6.01. The van der Waals surface area contributed by atoms with E-state index >= 15 is 0 Å². The average Bonchev–Trinajstić information content (AvgIpc) is 3.59. The number of furan rings is 1. The summed E-state index contributed by atoms with van der Waals surface area (Å²) in [4.78, 5) is 31.6. The summed E-state index contributed by atoms with van der Waals surface area (Å²) in [5.41, 5.74) is 2.41. The summed E-state index contributed by atoms with van der Waals surface area (Å²) in [6.45, 7) is 10.0. The zero-order valence-corrected chi connectivity index (χ0v) is 22.4. The van der Waals surface area contributed by atoms with Crippen molar-refractivity contribution >= 4 is 23.2 Å². The molecule has 2 amide bonds. The SMILES string of the molecule is CCC(C)CN(CC(=O)N1CCc2sccc2C1COc1ccc(C(C)C)cc1)C(=O)c1ccco1. The minimum atomic E-state index is -0.250. The fourth-order valence-electron chi connectivity index (χ4n) is 4.53. The van der Waals surface area contributed by atoms with Crippen molar-refractivity contribution in [3.05, 3.63) is 75.9 Å². The maximum atomic E-state index is 13.7. The molecule has 3 aromatic rings. The van der Waals surface area contributed by atoms with Crippen molar-refractivity contribution in [2.24, 2.45) is 5.92 Å². The van der Waals surface area contributed by atoms with Crippen LogP contribution < -0.4 is 4.74 Å². The molecule has 1 aliphatic heterocycles. The van der Waals surface area contributed by atoms with E-state index in [0.717, 1.165) is 24.2 Å². The maximum absolute atomic E-state index is 13.7. The molecule has 2 unspecified atom stereocenters. The lowest BCUT2D eigenvalue weighted by atomic mass is 10.00. The molecule has 1 aromatic carbocycles. The molecule has 2 atom stereocenters. The maximum Gasteiger partial charge on any atom is 0.290 e. The fourth-order valence-corrected chi connectivity index (χ4v) is 5.46. The van der Waals surface area contributed by atoms with Crippen molar-refractivity contribution in [2.45, 2.75) is 52.5 Å². The molecule has 0 saturated carbocycles. The summed E-state index contributed by atoms with van der Waals surface area (Å²) < 4.78 is 11.5. The summed E-state index contributed by atoms with van der Waals surface area (Å²) in [7, 11) is 0. The average molecular weight is 509 g/mol. The standard InChI is InChI=1S/C29H36N2O4S/c1-5-21(4)17-30(29(33)26-7-6-15-34-26)18-28(32)31-14-12-27-24(13-16-36-27)25(31)19-35-23-10-8-22(9-11-23)20(2)3/h6-11,13,15-16,20-21,25H,5,12,14,17-19H2,1-4H3. The lowest BCUT2D eigenvalue weighted by molar-refractivity contribution is -0.135. The molecule has 0 spiro atoms. The largest absolute Gasteiger partial charge is 0.491 e. The van der Waals surface area contributed by atoms with Gasteiger partial charge in [-0.25, -0.2) is 0 Å². The molecular weight excluding hydrogens is 472 g/mol. The minimum Gasteiger partial charge on any atom is -0.491 e. The number of ether oxygens (including phenoxy) is 1. The smallest absolute Gasteiger partial charge is 0.290 e. The van der Waals surface area contributed by atoms with Crippen LogP contribution in [0.25, 0.3) is 0 Å². The van der Waals surface area contributed by atoms with E-state index in [-0.39, 0.29) is 36.1 Å². The highest BCUT2D eigenvalue weighted by molar-refractivity contribution is 7.10. The number of thiophene rings is 1. The van der Waals surface area contributed by atoms with Gasteiger partial charge in [0.25, 0.3) is 5.91 Å². The first-order chi connectivity index (χ1) is 17.4. The first-order valence-corrected chi connectivity index (χ1v) is 13.7. The molecule has 1 aliphatic rings. The van der Waals surface area contributed by atoms with Crippen LogP contribution in [-0.2, 0) is 11.2 Å². The fraction of sp³-hybridized carbons (Fsp3) is 0.448. The van der Waals surface area contributed by atoms with Crippen molar-refractivity contribution in [1.82, 2.24) is 9.80 Å². The molecule has 0 bridgehead atoms. The van der Waals surface area contributed by atoms with Crippen LogP contribution in [0, 0.1) is 5.92 Å². The molecule has 192 valence electrons. The van der Waals surface area contributed by atoms with Crippen molar-refractivity contribution < 1.29 is 18.7 Å². The normalized spacial score (nSPS) is 16.0. The third-order valence-electron chi connectivity index (χ3n) is 6.94. The highest BCUT2D eigenvalue weighted by Gasteiger charge is 2.34. The zero-order valence-electron chi connectivity index (χ0n) is 21.6. The van der Waals surface area contributed by atoms with E-state index < -0.39 is 0 Å². The molecule has 36 heavy (non-hydrogen) atoms. The Morgan fingerprint density at radius 3 is 2.61 bits per heavy atom. The van der Waals surface area contributed by atoms with Gasteiger partial charge in [0, 0.05) is 18.0 Å². The van der Waals surface area contributed by atoms with E-state index in [1.54, 1.807) is 28.4 Å². The summed E-state index contributed by atoms with van der Waals surface area (Å²) in [6, 6.07) is 13.4. The van der Waals surface area contributed by atoms with E-state index in [1.807, 2.05) is 17.0 Å². The first kappa shape index (κ1) is 26.0. The molecule has 2 aromatic heterocycles. The van der Waals surface area contributed by atoms with Crippen LogP contribution in [0.4, 0.5) is 0 Å². The summed E-state index contributed by atoms with van der Waals surface area (Å²) in [6.07, 6.45) is 3.22. The number of carbonyl (C=O) groups excluding carboxylic acids is 2. The number of rotatable bonds is 10. The Morgan fingerprint density at radius 1 is 1.17 bits per heavy atom. The highest BCUT2D eigenvalue weighted by Crippen LogP contribution is 2.34. The zero-order chi connectivity index (χ0) is 25.7. The Morgan fingerprint density at radius 2 is 1.94 bits per heavy atom. The Kier molecular flexibility index (Phi) is 8.52. The lowest BCUT2D eigenvalue weighted by Gasteiger charge is -2.37. The molecular formula is C29H36N2O4S. The molecule has 3 heterocycles. The topological polar surface area (TPSA) is 63.0 Å². The van der Waals surface area contributed by atoms with Crippen molar-refractivity contribution in [3.8, 4) is 5.75 Å². The van der Waals surface area contributed by atoms with E-state index in [4.69, 9.17) is 9.15 Å². The number of fused-ring (bicyclic) bond motifs is 1. The predicted molar refractivity (Wildman–Crippen MR) is 143 cm³/mol. The second-order valence-corrected chi connectivity index (χ2v) is 10.9. The summed E-state index contributed by atoms with van der Waals surface area (Å²) in [5.74, 6) is 1.46. The van der Waals surface area contributed by atoms with Crippen LogP contribution in [-0.4, -0.2) is 47.9 Å². The van der Waals surface area contributed by atoms with E-state index in [0.29, 0.717) is 25.6 Å². The van der Waals surface area contributed by atoms with Crippen molar-refractivity contribution in [2.75, 3.05) is 26.2 Å². The van der Waals surface area contributed by atoms with Gasteiger partial charge in [-0.1, -0.05) is 46.2 Å². The van der Waals surface area contributed by atoms with Crippen LogP contribution in [0.3, 0.4) is 0 Å². The number of amides is 2. The van der Waals surface area contributed by atoms with Gasteiger partial charge in [0.15, 0.2) is 5.76 Å². The Bertz CT molecular complexity index is 1140. The quantitative estimate of drug-likeness (QED) is 0.329. The molecule has 7 heteroatoms. The van der Waals surface area contributed by atoms with E-state index in [1.165, 1.54) is 16.7 Å². The second kappa shape index (κ2) is 11.8. The third-order valence-corrected chi connectivity index (χ3v) is 7.94. The van der Waals surface area contributed by atoms with Gasteiger partial charge < -0.3 is 19.0 Å². The van der Waals surface area contributed by atoms with E-state index in [2.05, 4.69) is 51.3 Å². The van der Waals surface area contributed by atoms with Gasteiger partial charge in [-0.05, 0) is 65.1 Å². The lowest BCUT2D eigenvalue weighted by Crippen LogP contribution is -2.48. The molecule has 0 radical (unpaired) electrons. The van der Waals surface area contributed by atoms with Gasteiger partial charge in [-0.3, -0.25) is 9.59 Å². The van der Waals surface area contributed by atoms with Gasteiger partial charge in [-0.15, -0.1) is 11.3 Å². The van der Waals surface area contributed by atoms with Crippen LogP contribution in [0.2, 0.25) is 0 Å². The second-order valence-electron chi connectivity index (χ2n) is 9.86. The first-order valence-electron chi connectivity index (χ1n) is 12.8. The molecule has 0 saturated heterocycles. The van der Waals surface area contributed by atoms with Gasteiger partial charge in [0.1, 0.15) is 18.9 Å². The van der Waals surface area contributed by atoms with Crippen molar-refractivity contribution in [3.63, 3.8) is 0 Å². The monoisotopic (exact) mass is 508 g/mol. The Balaban J connectivity index is 1.51. The Hall–Kier alpha value is -3.06. The van der Waals surface area contributed by atoms with Gasteiger partial charge >= 0.3 is 0 Å². The van der Waals surface area contributed by atoms with Crippen LogP contribution in [0.5, 0.6) is 5.75 Å². The molecule has 0 fully saturated rings. The number of hydrogen-bond donors (Lipinski definition) is 0.